The number of benzene rings is 1. The van der Waals surface area contributed by atoms with E-state index in [1.165, 1.54) is 0 Å². The van der Waals surface area contributed by atoms with Gasteiger partial charge in [0, 0.05) is 5.56 Å². The predicted molar refractivity (Wildman–Crippen MR) is 84.0 cm³/mol. The molecule has 1 fully saturated rings. The van der Waals surface area contributed by atoms with E-state index in [-0.39, 0.29) is 6.61 Å². The van der Waals surface area contributed by atoms with Crippen LogP contribution in [-0.4, -0.2) is 51.6 Å². The molecule has 0 aromatic heterocycles. The first-order valence-corrected chi connectivity index (χ1v) is 8.13. The Morgan fingerprint density at radius 3 is 2.52 bits per heavy atom. The molecular weight excluding hydrogens is 300 g/mol. The van der Waals surface area contributed by atoms with Gasteiger partial charge in [-0.2, -0.15) is 0 Å². The predicted octanol–water partition coefficient (Wildman–Crippen LogP) is 0.729. The fourth-order valence-electron chi connectivity index (χ4n) is 2.79. The number of aliphatic hydroxyl groups excluding tert-OH is 4. The molecule has 4 atom stereocenters. The highest BCUT2D eigenvalue weighted by Crippen LogP contribution is 2.29. The molecule has 23 heavy (non-hydrogen) atoms. The van der Waals surface area contributed by atoms with Crippen LogP contribution in [0.4, 0.5) is 0 Å². The van der Waals surface area contributed by atoms with Gasteiger partial charge in [-0.25, -0.2) is 0 Å². The molecule has 130 valence electrons. The average Bonchev–Trinajstić information content (AvgIpc) is 2.83. The molecule has 1 heterocycles. The minimum Gasteiger partial charge on any atom is -0.462 e. The third kappa shape index (κ3) is 4.22. The van der Waals surface area contributed by atoms with Gasteiger partial charge in [-0.15, -0.1) is 0 Å². The smallest absolute Gasteiger partial charge is 0.229 e. The van der Waals surface area contributed by atoms with E-state index < -0.39 is 31.2 Å². The number of ether oxygens (including phenoxy) is 2. The normalized spacial score (nSPS) is 27.3. The summed E-state index contributed by atoms with van der Waals surface area (Å²) in [4.78, 5) is 0. The van der Waals surface area contributed by atoms with Gasteiger partial charge >= 0.3 is 0 Å². The zero-order valence-electron chi connectivity index (χ0n) is 13.4. The first-order chi connectivity index (χ1) is 11.1. The van der Waals surface area contributed by atoms with E-state index in [2.05, 4.69) is 6.92 Å². The maximum atomic E-state index is 9.95. The van der Waals surface area contributed by atoms with Crippen molar-refractivity contribution in [2.24, 2.45) is 0 Å². The van der Waals surface area contributed by atoms with E-state index in [4.69, 9.17) is 14.6 Å². The lowest BCUT2D eigenvalue weighted by Gasteiger charge is -2.20. The van der Waals surface area contributed by atoms with Crippen LogP contribution in [0.25, 0.3) is 0 Å². The number of rotatable bonds is 8. The SMILES string of the molecule is CCCCCc1cccc(O[C@H]2O[C@H](CO)C(O)C2O)c1CO. The van der Waals surface area contributed by atoms with Crippen LogP contribution >= 0.6 is 0 Å². The molecule has 0 spiro atoms. The first kappa shape index (κ1) is 18.2. The van der Waals surface area contributed by atoms with Crippen LogP contribution in [0.5, 0.6) is 5.75 Å². The largest absolute Gasteiger partial charge is 0.462 e. The van der Waals surface area contributed by atoms with Gasteiger partial charge in [-0.05, 0) is 24.5 Å². The summed E-state index contributed by atoms with van der Waals surface area (Å²) in [6, 6.07) is 5.48. The summed E-state index contributed by atoms with van der Waals surface area (Å²) in [5.74, 6) is 0.427. The Bertz CT molecular complexity index is 492. The molecule has 1 aliphatic heterocycles. The van der Waals surface area contributed by atoms with Gasteiger partial charge in [-0.3, -0.25) is 0 Å². The van der Waals surface area contributed by atoms with Gasteiger partial charge in [0.25, 0.3) is 0 Å². The molecule has 6 heteroatoms. The van der Waals surface area contributed by atoms with Crippen molar-refractivity contribution < 1.29 is 29.9 Å². The summed E-state index contributed by atoms with van der Waals surface area (Å²) >= 11 is 0. The first-order valence-electron chi connectivity index (χ1n) is 8.13. The van der Waals surface area contributed by atoms with Gasteiger partial charge in [0.1, 0.15) is 24.1 Å². The van der Waals surface area contributed by atoms with Crippen molar-refractivity contribution in [2.45, 2.75) is 63.8 Å². The number of aryl methyl sites for hydroxylation is 1. The molecule has 2 unspecified atom stereocenters. The molecular formula is C17H26O6. The average molecular weight is 326 g/mol. The fourth-order valence-corrected chi connectivity index (χ4v) is 2.79. The van der Waals surface area contributed by atoms with Gasteiger partial charge in [0.15, 0.2) is 0 Å². The second-order valence-corrected chi connectivity index (χ2v) is 5.83. The summed E-state index contributed by atoms with van der Waals surface area (Å²) < 4.78 is 11.0. The van der Waals surface area contributed by atoms with Crippen molar-refractivity contribution in [3.8, 4) is 5.75 Å². The van der Waals surface area contributed by atoms with Gasteiger partial charge in [0.05, 0.1) is 13.2 Å². The summed E-state index contributed by atoms with van der Waals surface area (Å²) in [6.07, 6.45) is -0.285. The second kappa shape index (κ2) is 8.61. The number of aliphatic hydroxyl groups is 4. The van der Waals surface area contributed by atoms with Crippen molar-refractivity contribution in [3.05, 3.63) is 29.3 Å². The quantitative estimate of drug-likeness (QED) is 0.526. The lowest BCUT2D eigenvalue weighted by molar-refractivity contribution is -0.117. The maximum Gasteiger partial charge on any atom is 0.229 e. The van der Waals surface area contributed by atoms with Crippen LogP contribution < -0.4 is 4.74 Å². The van der Waals surface area contributed by atoms with E-state index in [1.54, 1.807) is 6.07 Å². The van der Waals surface area contributed by atoms with Crippen LogP contribution in [0.1, 0.15) is 37.3 Å². The molecule has 0 bridgehead atoms. The maximum absolute atomic E-state index is 9.95. The van der Waals surface area contributed by atoms with Crippen molar-refractivity contribution >= 4 is 0 Å². The number of unbranched alkanes of at least 4 members (excludes halogenated alkanes) is 2. The molecule has 2 rings (SSSR count). The minimum atomic E-state index is -1.25. The Balaban J connectivity index is 2.12. The summed E-state index contributed by atoms with van der Waals surface area (Å²) in [7, 11) is 0. The molecule has 4 N–H and O–H groups in total. The Morgan fingerprint density at radius 1 is 1.13 bits per heavy atom. The van der Waals surface area contributed by atoms with Gasteiger partial charge in [-0.1, -0.05) is 31.9 Å². The van der Waals surface area contributed by atoms with Crippen LogP contribution in [0.3, 0.4) is 0 Å². The summed E-state index contributed by atoms with van der Waals surface area (Å²) in [5.41, 5.74) is 1.67. The Morgan fingerprint density at radius 2 is 1.91 bits per heavy atom. The highest BCUT2D eigenvalue weighted by Gasteiger charge is 2.44. The van der Waals surface area contributed by atoms with Crippen molar-refractivity contribution in [3.63, 3.8) is 0 Å². The molecule has 0 radical (unpaired) electrons. The van der Waals surface area contributed by atoms with Crippen LogP contribution in [0.2, 0.25) is 0 Å². The molecule has 1 aromatic rings. The van der Waals surface area contributed by atoms with Crippen molar-refractivity contribution in [1.82, 2.24) is 0 Å². The molecule has 1 aromatic carbocycles. The molecule has 0 amide bonds. The highest BCUT2D eigenvalue weighted by molar-refractivity contribution is 5.40. The van der Waals surface area contributed by atoms with Crippen molar-refractivity contribution in [2.75, 3.05) is 6.61 Å². The lowest BCUT2D eigenvalue weighted by Crippen LogP contribution is -2.35. The fraction of sp³-hybridized carbons (Fsp3) is 0.647. The molecule has 6 nitrogen and oxygen atoms in total. The van der Waals surface area contributed by atoms with Gasteiger partial charge in [0.2, 0.25) is 6.29 Å². The number of hydrogen-bond acceptors (Lipinski definition) is 6. The van der Waals surface area contributed by atoms with Crippen LogP contribution in [-0.2, 0) is 17.8 Å². The Hall–Kier alpha value is -1.18. The zero-order valence-corrected chi connectivity index (χ0v) is 13.4. The third-order valence-electron chi connectivity index (χ3n) is 4.18. The summed E-state index contributed by atoms with van der Waals surface area (Å²) in [6.45, 7) is 1.56. The van der Waals surface area contributed by atoms with E-state index in [0.29, 0.717) is 11.3 Å². The number of hydrogen-bond donors (Lipinski definition) is 4. The molecule has 0 saturated carbocycles. The zero-order chi connectivity index (χ0) is 16.8. The van der Waals surface area contributed by atoms with E-state index in [1.807, 2.05) is 12.1 Å². The Kier molecular flexibility index (Phi) is 6.80. The van der Waals surface area contributed by atoms with Crippen LogP contribution in [0.15, 0.2) is 18.2 Å². The minimum absolute atomic E-state index is 0.174. The molecule has 0 aliphatic carbocycles. The van der Waals surface area contributed by atoms with E-state index in [0.717, 1.165) is 31.2 Å². The Labute approximate surface area is 136 Å². The standard InChI is InChI=1S/C17H26O6/c1-2-3-4-6-11-7-5-8-13(12(11)9-18)22-17-16(21)15(20)14(10-19)23-17/h5,7-8,14-21H,2-4,6,9-10H2,1H3/t14-,15?,16?,17+/m1/s1. The molecule has 1 aliphatic rings. The van der Waals surface area contributed by atoms with Crippen LogP contribution in [0, 0.1) is 0 Å². The van der Waals surface area contributed by atoms with Crippen molar-refractivity contribution in [1.29, 1.82) is 0 Å². The molecule has 1 saturated heterocycles. The lowest BCUT2D eigenvalue weighted by atomic mass is 10.0. The van der Waals surface area contributed by atoms with E-state index >= 15 is 0 Å². The highest BCUT2D eigenvalue weighted by atomic mass is 16.7. The third-order valence-corrected chi connectivity index (χ3v) is 4.18. The van der Waals surface area contributed by atoms with Gasteiger partial charge < -0.3 is 29.9 Å². The van der Waals surface area contributed by atoms with E-state index in [9.17, 15) is 15.3 Å². The second-order valence-electron chi connectivity index (χ2n) is 5.83. The topological polar surface area (TPSA) is 99.4 Å². The summed E-state index contributed by atoms with van der Waals surface area (Å²) in [5, 5.41) is 38.5. The monoisotopic (exact) mass is 326 g/mol.